The van der Waals surface area contributed by atoms with Gasteiger partial charge in [0.1, 0.15) is 5.82 Å². The number of ketones is 2. The number of likely N-dealkylation sites (N-methyl/N-ethyl adjacent to an activating group) is 1. The molecule has 7 rings (SSSR count). The smallest absolute Gasteiger partial charge is 0.350 e. The van der Waals surface area contributed by atoms with E-state index >= 15 is 0 Å². The average molecular weight is 707 g/mol. The van der Waals surface area contributed by atoms with Gasteiger partial charge in [-0.15, -0.1) is 0 Å². The highest BCUT2D eigenvalue weighted by Crippen LogP contribution is 2.60. The van der Waals surface area contributed by atoms with E-state index in [1.54, 1.807) is 37.5 Å². The number of Topliss-reactive ketones (excluding diaryl/α,β-unsaturated/α-hetero) is 2. The minimum Gasteiger partial charge on any atom is -0.463 e. The maximum atomic E-state index is 14.4. The molecule has 0 amide bonds. The number of carbonyl (C=O) groups is 3. The van der Waals surface area contributed by atoms with Crippen molar-refractivity contribution in [2.24, 2.45) is 28.0 Å². The maximum Gasteiger partial charge on any atom is 0.350 e. The van der Waals surface area contributed by atoms with Crippen molar-refractivity contribution in [3.63, 3.8) is 0 Å². The standard InChI is InChI=1S/C41H50N6O5/c1-4-45-32-22-27-12-6-5-11-26(27)21-29(32)24-51-37(50)41-36(49)31-14-8-7-13-30(31)35(48)40(41,52-41)19-15-25(2)39(17-9-10-18-39)34(47-38(43)44-3)28-16-20-46-33(42)23-28/h6-8,12-16,20,22-23,26,29,32,34,45H,4-5,9-11,17-19,21,24H2,1-3H3,(H2,42,46)(H3,43,44,47)/b25-15+/t26-,29-,32-,34-,40-,41-/m0/s1. The predicted octanol–water partition coefficient (Wildman–Crippen LogP) is 5.16. The first-order chi connectivity index (χ1) is 25.1. The Morgan fingerprint density at radius 2 is 1.92 bits per heavy atom. The Kier molecular flexibility index (Phi) is 9.69. The molecule has 0 bridgehead atoms. The molecule has 274 valence electrons. The van der Waals surface area contributed by atoms with Gasteiger partial charge in [0.25, 0.3) is 5.60 Å². The summed E-state index contributed by atoms with van der Waals surface area (Å²) in [5, 5.41) is 6.97. The summed E-state index contributed by atoms with van der Waals surface area (Å²) in [5.41, 5.74) is 11.9. The first-order valence-corrected chi connectivity index (χ1v) is 18.7. The number of benzene rings is 1. The number of nitrogen functional groups attached to an aromatic ring is 1. The third-order valence-electron chi connectivity index (χ3n) is 12.2. The topological polar surface area (TPSA) is 174 Å². The number of esters is 1. The Morgan fingerprint density at radius 1 is 1.17 bits per heavy atom. The van der Waals surface area contributed by atoms with Crippen molar-refractivity contribution >= 4 is 29.3 Å². The zero-order valence-corrected chi connectivity index (χ0v) is 30.3. The lowest BCUT2D eigenvalue weighted by Gasteiger charge is -2.40. The molecule has 0 spiro atoms. The van der Waals surface area contributed by atoms with E-state index in [1.807, 2.05) is 25.1 Å². The summed E-state index contributed by atoms with van der Waals surface area (Å²) in [4.78, 5) is 51.5. The number of nitrogens with two attached hydrogens (primary N) is 2. The zero-order chi connectivity index (χ0) is 36.7. The molecule has 2 aromatic rings. The van der Waals surface area contributed by atoms with Crippen LogP contribution in [0.4, 0.5) is 5.82 Å². The third kappa shape index (κ3) is 5.87. The third-order valence-corrected chi connectivity index (χ3v) is 12.2. The number of hydrogen-bond acceptors (Lipinski definition) is 9. The number of fused-ring (bicyclic) bond motifs is 3. The van der Waals surface area contributed by atoms with Crippen LogP contribution >= 0.6 is 0 Å². The van der Waals surface area contributed by atoms with Gasteiger partial charge in [0.2, 0.25) is 5.78 Å². The summed E-state index contributed by atoms with van der Waals surface area (Å²) in [6.45, 7) is 4.98. The van der Waals surface area contributed by atoms with Crippen molar-refractivity contribution in [3.05, 3.63) is 94.7 Å². The summed E-state index contributed by atoms with van der Waals surface area (Å²) >= 11 is 0. The fraction of sp³-hybridized carbons (Fsp3) is 0.488. The number of aromatic nitrogens is 1. The normalized spacial score (nSPS) is 29.8. The molecule has 2 fully saturated rings. The van der Waals surface area contributed by atoms with E-state index in [4.69, 9.17) is 20.9 Å². The van der Waals surface area contributed by atoms with Crippen LogP contribution < -0.4 is 22.1 Å². The number of anilines is 1. The number of nitrogens with zero attached hydrogens (tertiary/aromatic N) is 2. The second kappa shape index (κ2) is 14.1. The molecule has 1 aromatic carbocycles. The highest BCUT2D eigenvalue weighted by molar-refractivity contribution is 6.32. The lowest BCUT2D eigenvalue weighted by atomic mass is 9.68. The number of aliphatic imine (C=N–C) groups is 1. The van der Waals surface area contributed by atoms with Crippen LogP contribution in [-0.2, 0) is 14.3 Å². The number of pyridine rings is 1. The maximum absolute atomic E-state index is 14.4. The molecule has 0 unspecified atom stereocenters. The van der Waals surface area contributed by atoms with E-state index in [1.165, 1.54) is 5.57 Å². The number of ether oxygens (including phenoxy) is 2. The van der Waals surface area contributed by atoms with Gasteiger partial charge in [0.05, 0.1) is 12.6 Å². The van der Waals surface area contributed by atoms with Gasteiger partial charge in [-0.05, 0) is 74.8 Å². The van der Waals surface area contributed by atoms with Gasteiger partial charge < -0.3 is 31.6 Å². The predicted molar refractivity (Wildman–Crippen MR) is 199 cm³/mol. The van der Waals surface area contributed by atoms with Gasteiger partial charge in [0.15, 0.2) is 17.3 Å². The van der Waals surface area contributed by atoms with Crippen LogP contribution in [0.5, 0.6) is 0 Å². The van der Waals surface area contributed by atoms with Gasteiger partial charge in [-0.25, -0.2) is 9.78 Å². The molecule has 52 heavy (non-hydrogen) atoms. The molecule has 6 N–H and O–H groups in total. The molecular weight excluding hydrogens is 656 g/mol. The van der Waals surface area contributed by atoms with Crippen molar-refractivity contribution in [1.82, 2.24) is 15.6 Å². The van der Waals surface area contributed by atoms with Crippen molar-refractivity contribution in [3.8, 4) is 0 Å². The molecule has 11 nitrogen and oxygen atoms in total. The number of epoxide rings is 1. The summed E-state index contributed by atoms with van der Waals surface area (Å²) in [6, 6.07) is 10.1. The van der Waals surface area contributed by atoms with Crippen molar-refractivity contribution in [2.75, 3.05) is 25.9 Å². The number of rotatable bonds is 11. The van der Waals surface area contributed by atoms with E-state index in [9.17, 15) is 14.4 Å². The molecule has 1 aromatic heterocycles. The SMILES string of the molecule is CCN[C@H]1C=C2C=CCC[C@H]2C[C@H]1COC(=O)[C@]12O[C@@]1(C/C=C(\C)C1([C@@H](NC(N)=NC)c3ccnc(N)c3)CCCC1)C(=O)c1ccccc1C2=O. The van der Waals surface area contributed by atoms with Gasteiger partial charge in [-0.2, -0.15) is 0 Å². The zero-order valence-electron chi connectivity index (χ0n) is 30.3. The minimum absolute atomic E-state index is 0.0190. The van der Waals surface area contributed by atoms with E-state index < -0.39 is 28.4 Å². The molecule has 0 radical (unpaired) electrons. The first kappa shape index (κ1) is 35.8. The Morgan fingerprint density at radius 3 is 2.63 bits per heavy atom. The van der Waals surface area contributed by atoms with Crippen LogP contribution in [0.25, 0.3) is 0 Å². The Hall–Kier alpha value is -4.61. The van der Waals surface area contributed by atoms with Crippen LogP contribution in [0.3, 0.4) is 0 Å². The Bertz CT molecular complexity index is 1880. The van der Waals surface area contributed by atoms with Gasteiger partial charge in [-0.3, -0.25) is 14.6 Å². The second-order valence-electron chi connectivity index (χ2n) is 15.0. The molecule has 5 aliphatic rings. The van der Waals surface area contributed by atoms with E-state index in [2.05, 4.69) is 45.8 Å². The quantitative estimate of drug-likeness (QED) is 0.0611. The molecule has 1 saturated heterocycles. The van der Waals surface area contributed by atoms with Crippen LogP contribution in [0, 0.1) is 17.3 Å². The largest absolute Gasteiger partial charge is 0.463 e. The highest BCUT2D eigenvalue weighted by atomic mass is 16.7. The first-order valence-electron chi connectivity index (χ1n) is 18.7. The average Bonchev–Trinajstić information content (AvgIpc) is 3.63. The molecule has 2 heterocycles. The van der Waals surface area contributed by atoms with Gasteiger partial charge in [0, 0.05) is 48.2 Å². The van der Waals surface area contributed by atoms with E-state index in [0.29, 0.717) is 11.7 Å². The van der Waals surface area contributed by atoms with Crippen molar-refractivity contribution < 1.29 is 23.9 Å². The van der Waals surface area contributed by atoms with Crippen LogP contribution in [0.2, 0.25) is 0 Å². The number of allylic oxidation sites excluding steroid dienone is 3. The van der Waals surface area contributed by atoms with Crippen LogP contribution in [0.15, 0.2) is 83.0 Å². The summed E-state index contributed by atoms with van der Waals surface area (Å²) in [5.74, 6) is -0.607. The molecular formula is C41H50N6O5. The number of hydrogen-bond donors (Lipinski definition) is 4. The highest BCUT2D eigenvalue weighted by Gasteiger charge is 2.85. The molecule has 4 aliphatic carbocycles. The van der Waals surface area contributed by atoms with E-state index in [-0.39, 0.29) is 53.9 Å². The van der Waals surface area contributed by atoms with Crippen molar-refractivity contribution in [1.29, 1.82) is 0 Å². The fourth-order valence-electron chi connectivity index (χ4n) is 9.39. The summed E-state index contributed by atoms with van der Waals surface area (Å²) in [6.07, 6.45) is 16.9. The van der Waals surface area contributed by atoms with Crippen LogP contribution in [0.1, 0.15) is 97.5 Å². The fourth-order valence-corrected chi connectivity index (χ4v) is 9.39. The Labute approximate surface area is 305 Å². The number of guanidine groups is 1. The second-order valence-corrected chi connectivity index (χ2v) is 15.0. The monoisotopic (exact) mass is 706 g/mol. The Balaban J connectivity index is 1.21. The van der Waals surface area contributed by atoms with Crippen LogP contribution in [-0.4, -0.2) is 65.9 Å². The summed E-state index contributed by atoms with van der Waals surface area (Å²) in [7, 11) is 1.63. The lowest BCUT2D eigenvalue weighted by molar-refractivity contribution is -0.150. The number of nitrogens with one attached hydrogen (secondary N) is 2. The minimum atomic E-state index is -2.05. The summed E-state index contributed by atoms with van der Waals surface area (Å²) < 4.78 is 12.3. The number of carbonyl (C=O) groups excluding carboxylic acids is 3. The lowest BCUT2D eigenvalue weighted by Crippen LogP contribution is -2.51. The molecule has 1 aliphatic heterocycles. The molecule has 1 saturated carbocycles. The van der Waals surface area contributed by atoms with Gasteiger partial charge in [-0.1, -0.05) is 73.9 Å². The molecule has 11 heteroatoms. The van der Waals surface area contributed by atoms with E-state index in [0.717, 1.165) is 62.6 Å². The van der Waals surface area contributed by atoms with Gasteiger partial charge >= 0.3 is 5.97 Å². The molecule has 6 atom stereocenters. The van der Waals surface area contributed by atoms with Crippen molar-refractivity contribution in [2.45, 2.75) is 88.5 Å².